The van der Waals surface area contributed by atoms with Gasteiger partial charge in [0.1, 0.15) is 0 Å². The van der Waals surface area contributed by atoms with Crippen LogP contribution in [-0.2, 0) is 0 Å². The van der Waals surface area contributed by atoms with E-state index in [2.05, 4.69) is 10.6 Å². The van der Waals surface area contributed by atoms with E-state index >= 15 is 0 Å². The Morgan fingerprint density at radius 1 is 1.44 bits per heavy atom. The van der Waals surface area contributed by atoms with Gasteiger partial charge in [0.15, 0.2) is 0 Å². The van der Waals surface area contributed by atoms with Crippen molar-refractivity contribution in [2.75, 3.05) is 24.1 Å². The van der Waals surface area contributed by atoms with Crippen LogP contribution >= 0.6 is 0 Å². The van der Waals surface area contributed by atoms with Gasteiger partial charge in [-0.1, -0.05) is 0 Å². The molecule has 0 aromatic heterocycles. The first-order valence-corrected chi connectivity index (χ1v) is 5.97. The summed E-state index contributed by atoms with van der Waals surface area (Å²) in [6, 6.07) is 5.04. The zero-order valence-electron chi connectivity index (χ0n) is 11.1. The molecule has 1 aromatic rings. The van der Waals surface area contributed by atoms with Gasteiger partial charge >= 0.3 is 0 Å². The first-order chi connectivity index (χ1) is 8.33. The van der Waals surface area contributed by atoms with Gasteiger partial charge in [-0.05, 0) is 39.0 Å². The summed E-state index contributed by atoms with van der Waals surface area (Å²) in [7, 11) is 0. The predicted molar refractivity (Wildman–Crippen MR) is 73.6 cm³/mol. The number of nitrogen functional groups attached to an aromatic ring is 1. The van der Waals surface area contributed by atoms with Gasteiger partial charge in [0.25, 0.3) is 5.91 Å². The Bertz CT molecular complexity index is 425. The lowest BCUT2D eigenvalue weighted by atomic mass is 10.1. The first kappa shape index (κ1) is 14.3. The summed E-state index contributed by atoms with van der Waals surface area (Å²) in [5.41, 5.74) is 6.73. The van der Waals surface area contributed by atoms with Gasteiger partial charge in [0.2, 0.25) is 0 Å². The Balaban J connectivity index is 2.84. The molecule has 5 nitrogen and oxygen atoms in total. The lowest BCUT2D eigenvalue weighted by Crippen LogP contribution is -2.29. The summed E-state index contributed by atoms with van der Waals surface area (Å²) in [6.07, 6.45) is 0. The average Bonchev–Trinajstić information content (AvgIpc) is 2.27. The Morgan fingerprint density at radius 2 is 2.11 bits per heavy atom. The summed E-state index contributed by atoms with van der Waals surface area (Å²) in [4.78, 5) is 11.7. The minimum Gasteiger partial charge on any atom is -0.397 e. The lowest BCUT2D eigenvalue weighted by Gasteiger charge is -2.19. The van der Waals surface area contributed by atoms with Crippen LogP contribution in [0.3, 0.4) is 0 Å². The second kappa shape index (κ2) is 5.73. The molecule has 0 fully saturated rings. The molecular formula is C13H21N3O2. The molecule has 0 aliphatic carbocycles. The van der Waals surface area contributed by atoms with Crippen LogP contribution in [-0.4, -0.2) is 29.7 Å². The molecule has 5 N–H and O–H groups in total. The highest BCUT2D eigenvalue weighted by atomic mass is 16.3. The van der Waals surface area contributed by atoms with Crippen LogP contribution in [0, 0.1) is 0 Å². The maximum Gasteiger partial charge on any atom is 0.251 e. The number of aliphatic hydroxyl groups is 1. The van der Waals surface area contributed by atoms with Gasteiger partial charge in [-0.2, -0.15) is 0 Å². The van der Waals surface area contributed by atoms with E-state index < -0.39 is 5.60 Å². The van der Waals surface area contributed by atoms with Gasteiger partial charge < -0.3 is 21.5 Å². The molecule has 1 aromatic carbocycles. The van der Waals surface area contributed by atoms with Crippen LogP contribution < -0.4 is 16.4 Å². The van der Waals surface area contributed by atoms with Gasteiger partial charge in [0, 0.05) is 18.7 Å². The van der Waals surface area contributed by atoms with Crippen molar-refractivity contribution in [2.45, 2.75) is 26.4 Å². The predicted octanol–water partition coefficient (Wildman–Crippen LogP) is 1.20. The monoisotopic (exact) mass is 251 g/mol. The Labute approximate surface area is 107 Å². The van der Waals surface area contributed by atoms with Crippen molar-refractivity contribution in [3.8, 4) is 0 Å². The summed E-state index contributed by atoms with van der Waals surface area (Å²) in [5, 5.41) is 15.4. The molecule has 18 heavy (non-hydrogen) atoms. The van der Waals surface area contributed by atoms with E-state index in [1.54, 1.807) is 32.0 Å². The first-order valence-electron chi connectivity index (χ1n) is 5.97. The summed E-state index contributed by atoms with van der Waals surface area (Å²) < 4.78 is 0. The van der Waals surface area contributed by atoms with Crippen molar-refractivity contribution < 1.29 is 9.90 Å². The fourth-order valence-electron chi connectivity index (χ4n) is 1.42. The highest BCUT2D eigenvalue weighted by Crippen LogP contribution is 2.20. The molecule has 0 aliphatic heterocycles. The number of carbonyl (C=O) groups is 1. The molecule has 100 valence electrons. The Morgan fingerprint density at radius 3 is 2.67 bits per heavy atom. The molecular weight excluding hydrogens is 230 g/mol. The highest BCUT2D eigenvalue weighted by Gasteiger charge is 2.13. The average molecular weight is 251 g/mol. The minimum atomic E-state index is -0.839. The minimum absolute atomic E-state index is 0.135. The molecule has 0 unspecified atom stereocenters. The number of nitrogens with one attached hydrogen (secondary N) is 2. The van der Waals surface area contributed by atoms with Crippen LogP contribution in [0.1, 0.15) is 31.1 Å². The van der Waals surface area contributed by atoms with E-state index in [1.807, 2.05) is 6.92 Å². The number of hydrogen-bond acceptors (Lipinski definition) is 4. The number of benzene rings is 1. The third kappa shape index (κ3) is 4.25. The maximum absolute atomic E-state index is 11.7. The number of nitrogens with two attached hydrogens (primary N) is 1. The molecule has 0 radical (unpaired) electrons. The van der Waals surface area contributed by atoms with Crippen LogP contribution in [0.5, 0.6) is 0 Å². The summed E-state index contributed by atoms with van der Waals surface area (Å²) in [5.74, 6) is -0.135. The lowest BCUT2D eigenvalue weighted by molar-refractivity contribution is 0.0944. The number of amides is 1. The van der Waals surface area contributed by atoms with Crippen LogP contribution in [0.2, 0.25) is 0 Å². The normalized spacial score (nSPS) is 11.1. The smallest absolute Gasteiger partial charge is 0.251 e. The van der Waals surface area contributed by atoms with E-state index in [4.69, 9.17) is 5.73 Å². The molecule has 0 saturated heterocycles. The van der Waals surface area contributed by atoms with Gasteiger partial charge in [0.05, 0.1) is 17.0 Å². The van der Waals surface area contributed by atoms with Crippen molar-refractivity contribution in [1.82, 2.24) is 5.32 Å². The standard InChI is InChI=1S/C13H21N3O2/c1-4-15-12(17)9-5-6-10(14)11(7-9)16-8-13(2,3)18/h5-7,16,18H,4,8,14H2,1-3H3,(H,15,17). The second-order valence-electron chi connectivity index (χ2n) is 4.83. The molecule has 0 heterocycles. The van der Waals surface area contributed by atoms with Crippen LogP contribution in [0.25, 0.3) is 0 Å². The van der Waals surface area contributed by atoms with Crippen molar-refractivity contribution in [3.05, 3.63) is 23.8 Å². The van der Waals surface area contributed by atoms with Crippen molar-refractivity contribution in [1.29, 1.82) is 0 Å². The molecule has 5 heteroatoms. The molecule has 1 rings (SSSR count). The quantitative estimate of drug-likeness (QED) is 0.592. The van der Waals surface area contributed by atoms with E-state index in [9.17, 15) is 9.90 Å². The largest absolute Gasteiger partial charge is 0.397 e. The Kier molecular flexibility index (Phi) is 4.55. The van der Waals surface area contributed by atoms with E-state index in [0.717, 1.165) is 0 Å². The zero-order chi connectivity index (χ0) is 13.8. The van der Waals surface area contributed by atoms with E-state index in [-0.39, 0.29) is 5.91 Å². The highest BCUT2D eigenvalue weighted by molar-refractivity contribution is 5.96. The van der Waals surface area contributed by atoms with E-state index in [0.29, 0.717) is 30.0 Å². The van der Waals surface area contributed by atoms with Crippen molar-refractivity contribution in [2.24, 2.45) is 0 Å². The third-order valence-electron chi connectivity index (χ3n) is 2.36. The number of carbonyl (C=O) groups excluding carboxylic acids is 1. The molecule has 0 saturated carbocycles. The SMILES string of the molecule is CCNC(=O)c1ccc(N)c(NCC(C)(C)O)c1. The van der Waals surface area contributed by atoms with Crippen molar-refractivity contribution >= 4 is 17.3 Å². The molecule has 1 amide bonds. The zero-order valence-corrected chi connectivity index (χ0v) is 11.1. The topological polar surface area (TPSA) is 87.4 Å². The van der Waals surface area contributed by atoms with Crippen LogP contribution in [0.15, 0.2) is 18.2 Å². The fraction of sp³-hybridized carbons (Fsp3) is 0.462. The molecule has 0 aliphatic rings. The third-order valence-corrected chi connectivity index (χ3v) is 2.36. The Hall–Kier alpha value is -1.75. The summed E-state index contributed by atoms with van der Waals surface area (Å²) >= 11 is 0. The van der Waals surface area contributed by atoms with E-state index in [1.165, 1.54) is 0 Å². The number of rotatable bonds is 5. The maximum atomic E-state index is 11.7. The van der Waals surface area contributed by atoms with Gasteiger partial charge in [-0.25, -0.2) is 0 Å². The molecule has 0 spiro atoms. The number of anilines is 2. The fourth-order valence-corrected chi connectivity index (χ4v) is 1.42. The molecule has 0 atom stereocenters. The van der Waals surface area contributed by atoms with Crippen LogP contribution in [0.4, 0.5) is 11.4 Å². The van der Waals surface area contributed by atoms with Gasteiger partial charge in [-0.3, -0.25) is 4.79 Å². The second-order valence-corrected chi connectivity index (χ2v) is 4.83. The molecule has 0 bridgehead atoms. The number of hydrogen-bond donors (Lipinski definition) is 4. The van der Waals surface area contributed by atoms with Crippen molar-refractivity contribution in [3.63, 3.8) is 0 Å². The van der Waals surface area contributed by atoms with Gasteiger partial charge in [-0.15, -0.1) is 0 Å². The summed E-state index contributed by atoms with van der Waals surface area (Å²) in [6.45, 7) is 6.20.